The van der Waals surface area contributed by atoms with Crippen molar-refractivity contribution in [3.8, 4) is 0 Å². The SMILES string of the molecule is CS(=O)(=O)c1cc(F)c(CN2CCCN(C3CCN(c4nc(C(F)(F)F)ns4)CC3)C2=O)cc1F. The zero-order valence-electron chi connectivity index (χ0n) is 18.6. The lowest BCUT2D eigenvalue weighted by Gasteiger charge is -2.43. The molecule has 2 aromatic rings. The Kier molecular flexibility index (Phi) is 6.92. The van der Waals surface area contributed by atoms with Gasteiger partial charge in [0.1, 0.15) is 16.5 Å². The number of hydrogen-bond acceptors (Lipinski definition) is 7. The van der Waals surface area contributed by atoms with Gasteiger partial charge in [0.15, 0.2) is 9.84 Å². The zero-order valence-corrected chi connectivity index (χ0v) is 20.2. The number of halogens is 5. The first-order chi connectivity index (χ1) is 16.3. The van der Waals surface area contributed by atoms with Gasteiger partial charge in [-0.05, 0) is 31.4 Å². The van der Waals surface area contributed by atoms with Gasteiger partial charge in [-0.2, -0.15) is 22.5 Å². The van der Waals surface area contributed by atoms with Crippen LogP contribution >= 0.6 is 11.5 Å². The molecule has 8 nitrogen and oxygen atoms in total. The number of sulfone groups is 1. The molecule has 2 saturated heterocycles. The number of carbonyl (C=O) groups is 1. The van der Waals surface area contributed by atoms with Crippen molar-refractivity contribution < 1.29 is 35.2 Å². The Morgan fingerprint density at radius 2 is 1.77 bits per heavy atom. The Hall–Kier alpha value is -2.55. The van der Waals surface area contributed by atoms with Gasteiger partial charge in [0.05, 0.1) is 6.54 Å². The van der Waals surface area contributed by atoms with Crippen LogP contribution in [-0.2, 0) is 22.6 Å². The highest BCUT2D eigenvalue weighted by atomic mass is 32.2. The molecule has 4 rings (SSSR count). The van der Waals surface area contributed by atoms with Gasteiger partial charge in [-0.15, -0.1) is 0 Å². The molecule has 192 valence electrons. The fraction of sp³-hybridized carbons (Fsp3) is 0.550. The molecule has 1 aromatic carbocycles. The molecule has 0 saturated carbocycles. The minimum absolute atomic E-state index is 0.128. The topological polar surface area (TPSA) is 86.7 Å². The molecule has 0 bridgehead atoms. The average molecular weight is 540 g/mol. The lowest BCUT2D eigenvalue weighted by Crippen LogP contribution is -2.55. The number of carbonyl (C=O) groups excluding carboxylic acids is 1. The molecule has 2 amide bonds. The summed E-state index contributed by atoms with van der Waals surface area (Å²) in [6.07, 6.45) is -2.21. The molecule has 35 heavy (non-hydrogen) atoms. The molecule has 1 aromatic heterocycles. The first-order valence-electron chi connectivity index (χ1n) is 10.7. The van der Waals surface area contributed by atoms with E-state index in [-0.39, 0.29) is 29.3 Å². The summed E-state index contributed by atoms with van der Waals surface area (Å²) < 4.78 is 93.6. The minimum Gasteiger partial charge on any atom is -0.347 e. The highest BCUT2D eigenvalue weighted by molar-refractivity contribution is 7.90. The highest BCUT2D eigenvalue weighted by Crippen LogP contribution is 2.32. The second-order valence-corrected chi connectivity index (χ2v) is 11.2. The lowest BCUT2D eigenvalue weighted by molar-refractivity contribution is -0.144. The summed E-state index contributed by atoms with van der Waals surface area (Å²) in [6, 6.07) is 0.913. The molecule has 2 fully saturated rings. The fourth-order valence-electron chi connectivity index (χ4n) is 4.30. The van der Waals surface area contributed by atoms with Gasteiger partial charge < -0.3 is 14.7 Å². The van der Waals surface area contributed by atoms with Crippen molar-refractivity contribution >= 4 is 32.5 Å². The van der Waals surface area contributed by atoms with Crippen LogP contribution in [-0.4, -0.2) is 72.1 Å². The van der Waals surface area contributed by atoms with Gasteiger partial charge in [0.2, 0.25) is 11.0 Å². The van der Waals surface area contributed by atoms with Gasteiger partial charge in [-0.1, -0.05) is 0 Å². The van der Waals surface area contributed by atoms with E-state index < -0.39 is 38.4 Å². The third-order valence-electron chi connectivity index (χ3n) is 6.05. The number of aromatic nitrogens is 2. The Morgan fingerprint density at radius 3 is 2.37 bits per heavy atom. The van der Waals surface area contributed by atoms with Crippen LogP contribution in [0.3, 0.4) is 0 Å². The standard InChI is InChI=1S/C20H22F5N5O3S2/c1-35(32,33)16-10-14(21)12(9-15(16)22)11-29-5-2-6-30(19(29)31)13-3-7-28(8-4-13)18-26-17(27-34-18)20(23,24)25/h9-10,13H,2-8,11H2,1H3. The van der Waals surface area contributed by atoms with E-state index in [4.69, 9.17) is 0 Å². The van der Waals surface area contributed by atoms with E-state index >= 15 is 0 Å². The summed E-state index contributed by atoms with van der Waals surface area (Å²) in [6.45, 7) is 1.38. The predicted octanol–water partition coefficient (Wildman–Crippen LogP) is 3.54. The van der Waals surface area contributed by atoms with Gasteiger partial charge in [0, 0.05) is 55.6 Å². The summed E-state index contributed by atoms with van der Waals surface area (Å²) in [5.41, 5.74) is -0.128. The molecule has 2 aliphatic heterocycles. The van der Waals surface area contributed by atoms with Gasteiger partial charge in [-0.3, -0.25) is 0 Å². The lowest BCUT2D eigenvalue weighted by atomic mass is 10.0. The predicted molar refractivity (Wildman–Crippen MR) is 117 cm³/mol. The summed E-state index contributed by atoms with van der Waals surface area (Å²) in [5.74, 6) is -3.17. The Labute approximate surface area is 202 Å². The van der Waals surface area contributed by atoms with Crippen LogP contribution in [0.2, 0.25) is 0 Å². The monoisotopic (exact) mass is 539 g/mol. The number of anilines is 1. The van der Waals surface area contributed by atoms with E-state index in [9.17, 15) is 35.2 Å². The van der Waals surface area contributed by atoms with E-state index in [2.05, 4.69) is 9.36 Å². The number of benzene rings is 1. The van der Waals surface area contributed by atoms with Gasteiger partial charge >= 0.3 is 12.2 Å². The maximum Gasteiger partial charge on any atom is 0.452 e. The third kappa shape index (κ3) is 5.50. The Balaban J connectivity index is 1.40. The molecule has 15 heteroatoms. The normalized spacial score (nSPS) is 18.5. The molecule has 0 spiro atoms. The van der Waals surface area contributed by atoms with Crippen molar-refractivity contribution in [1.82, 2.24) is 19.2 Å². The van der Waals surface area contributed by atoms with E-state index in [1.807, 2.05) is 0 Å². The molecular weight excluding hydrogens is 517 g/mol. The Bertz CT molecular complexity index is 1210. The quantitative estimate of drug-likeness (QED) is 0.541. The van der Waals surface area contributed by atoms with E-state index in [1.54, 1.807) is 9.80 Å². The summed E-state index contributed by atoms with van der Waals surface area (Å²) >= 11 is 0.679. The highest BCUT2D eigenvalue weighted by Gasteiger charge is 2.38. The Morgan fingerprint density at radius 1 is 1.09 bits per heavy atom. The molecular formula is C20H22F5N5O3S2. The second kappa shape index (κ2) is 9.48. The van der Waals surface area contributed by atoms with Crippen molar-refractivity contribution in [2.75, 3.05) is 37.3 Å². The van der Waals surface area contributed by atoms with Crippen LogP contribution < -0.4 is 4.90 Å². The smallest absolute Gasteiger partial charge is 0.347 e. The minimum atomic E-state index is -4.61. The molecule has 0 aliphatic carbocycles. The summed E-state index contributed by atoms with van der Waals surface area (Å²) in [5, 5.41) is 0.178. The van der Waals surface area contributed by atoms with E-state index in [0.717, 1.165) is 12.3 Å². The third-order valence-corrected chi connectivity index (χ3v) is 7.94. The van der Waals surface area contributed by atoms with E-state index in [0.29, 0.717) is 63.0 Å². The molecule has 0 unspecified atom stereocenters. The average Bonchev–Trinajstić information content (AvgIpc) is 3.28. The van der Waals surface area contributed by atoms with Crippen molar-refractivity contribution in [3.63, 3.8) is 0 Å². The molecule has 2 aliphatic rings. The number of urea groups is 1. The van der Waals surface area contributed by atoms with E-state index in [1.165, 1.54) is 4.90 Å². The van der Waals surface area contributed by atoms with Crippen molar-refractivity contribution in [2.45, 2.75) is 42.9 Å². The van der Waals surface area contributed by atoms with Crippen LogP contribution in [0.5, 0.6) is 0 Å². The molecule has 0 radical (unpaired) electrons. The zero-order chi connectivity index (χ0) is 25.5. The first kappa shape index (κ1) is 25.5. The number of piperidine rings is 1. The van der Waals surface area contributed by atoms with Crippen LogP contribution in [0, 0.1) is 11.6 Å². The molecule has 0 N–H and O–H groups in total. The first-order valence-corrected chi connectivity index (χ1v) is 13.4. The largest absolute Gasteiger partial charge is 0.452 e. The maximum atomic E-state index is 14.5. The number of amides is 2. The molecule has 0 atom stereocenters. The fourth-order valence-corrected chi connectivity index (χ4v) is 5.77. The van der Waals surface area contributed by atoms with Crippen molar-refractivity contribution in [2.24, 2.45) is 0 Å². The number of alkyl halides is 3. The van der Waals surface area contributed by atoms with Crippen molar-refractivity contribution in [3.05, 3.63) is 35.2 Å². The van der Waals surface area contributed by atoms with Crippen LogP contribution in [0.15, 0.2) is 17.0 Å². The summed E-state index contributed by atoms with van der Waals surface area (Å²) in [4.78, 5) is 20.7. The molecule has 3 heterocycles. The van der Waals surface area contributed by atoms with Crippen LogP contribution in [0.25, 0.3) is 0 Å². The number of nitrogens with zero attached hydrogens (tertiary/aromatic N) is 5. The maximum absolute atomic E-state index is 14.5. The number of rotatable bonds is 5. The van der Waals surface area contributed by atoms with Gasteiger partial charge in [0.25, 0.3) is 0 Å². The summed E-state index contributed by atoms with van der Waals surface area (Å²) in [7, 11) is -3.94. The van der Waals surface area contributed by atoms with Gasteiger partial charge in [-0.25, -0.2) is 22.0 Å². The number of hydrogen-bond donors (Lipinski definition) is 0. The van der Waals surface area contributed by atoms with Crippen LogP contribution in [0.1, 0.15) is 30.7 Å². The van der Waals surface area contributed by atoms with Crippen molar-refractivity contribution in [1.29, 1.82) is 0 Å². The second-order valence-electron chi connectivity index (χ2n) is 8.51. The van der Waals surface area contributed by atoms with Crippen LogP contribution in [0.4, 0.5) is 31.9 Å².